The predicted octanol–water partition coefficient (Wildman–Crippen LogP) is 22.0. The zero-order valence-corrected chi connectivity index (χ0v) is 86.1. The molecule has 6 aliphatic heterocycles. The highest BCUT2D eigenvalue weighted by atomic mass is 19.0. The van der Waals surface area contributed by atoms with Gasteiger partial charge in [0.05, 0.1) is 94.1 Å². The molecule has 4 amide bonds. The molecule has 7 atom stereocenters. The second kappa shape index (κ2) is 50.5. The van der Waals surface area contributed by atoms with Crippen LogP contribution in [0.5, 0.6) is 0 Å². The van der Waals surface area contributed by atoms with E-state index in [0.29, 0.717) is 87.5 Å². The third-order valence-electron chi connectivity index (χ3n) is 28.6. The van der Waals surface area contributed by atoms with Crippen molar-refractivity contribution in [3.8, 4) is 0 Å². The Morgan fingerprint density at radius 2 is 0.831 bits per heavy atom. The van der Waals surface area contributed by atoms with Crippen LogP contribution in [0.25, 0.3) is 0 Å². The summed E-state index contributed by atoms with van der Waals surface area (Å²) in [5.74, 6) is -0.931. The number of nitrogen functional groups attached to an aromatic ring is 1. The van der Waals surface area contributed by atoms with Crippen molar-refractivity contribution in [3.63, 3.8) is 0 Å². The number of nitro groups is 2. The van der Waals surface area contributed by atoms with Crippen LogP contribution in [-0.4, -0.2) is 182 Å². The molecule has 0 fully saturated rings. The van der Waals surface area contributed by atoms with Gasteiger partial charge in [-0.1, -0.05) is 62.6 Å². The molecule has 0 spiro atoms. The van der Waals surface area contributed by atoms with Crippen LogP contribution in [0.15, 0.2) is 62.8 Å². The Morgan fingerprint density at radius 1 is 0.485 bits per heavy atom. The van der Waals surface area contributed by atoms with Crippen molar-refractivity contribution in [1.82, 2.24) is 24.9 Å². The van der Waals surface area contributed by atoms with Crippen LogP contribution in [0.4, 0.5) is 33.1 Å². The summed E-state index contributed by atoms with van der Waals surface area (Å²) in [6, 6.07) is 1.46. The number of halogens is 1. The van der Waals surface area contributed by atoms with E-state index in [-0.39, 0.29) is 175 Å². The zero-order chi connectivity index (χ0) is 106. The smallest absolute Gasteiger partial charge is 0.285 e. The molecule has 0 bridgehead atoms. The number of amides is 4. The number of Topliss-reactive ketones (excluding diaryl/α,β-unsaturated/α-hetero) is 2. The lowest BCUT2D eigenvalue weighted by molar-refractivity contribution is -0.385. The first-order valence-electron chi connectivity index (χ1n) is 49.2. The molecule has 12 rings (SSSR count). The summed E-state index contributed by atoms with van der Waals surface area (Å²) in [4.78, 5) is 106. The first-order chi connectivity index (χ1) is 64.5. The third-order valence-corrected chi connectivity index (χ3v) is 28.6. The van der Waals surface area contributed by atoms with Gasteiger partial charge in [-0.05, 0) is 403 Å². The van der Waals surface area contributed by atoms with E-state index in [1.54, 1.807) is 70.1 Å². The number of aryl methyl sites for hydroxylation is 1. The number of hydrogen-bond donors (Lipinski definition) is 8. The molecule has 753 valence electrons. The highest BCUT2D eigenvalue weighted by molar-refractivity contribution is 6.07. The molecule has 6 aliphatic rings. The monoisotopic (exact) mass is 1890 g/mol. The van der Waals surface area contributed by atoms with Gasteiger partial charge in [-0.3, -0.25) is 53.7 Å². The van der Waals surface area contributed by atoms with Crippen LogP contribution in [0, 0.1) is 186 Å². The van der Waals surface area contributed by atoms with Gasteiger partial charge in [0.2, 0.25) is 0 Å². The number of anilines is 3. The summed E-state index contributed by atoms with van der Waals surface area (Å²) < 4.78 is 45.9. The van der Waals surface area contributed by atoms with E-state index in [1.807, 2.05) is 170 Å². The molecule has 0 aliphatic carbocycles. The van der Waals surface area contributed by atoms with Crippen molar-refractivity contribution in [2.24, 2.45) is 0 Å². The fourth-order valence-corrected chi connectivity index (χ4v) is 18.4. The Labute approximate surface area is 825 Å². The van der Waals surface area contributed by atoms with Crippen LogP contribution in [-0.2, 0) is 0 Å². The maximum atomic E-state index is 13.4. The number of aliphatic hydroxyl groups is 5. The number of nitrogens with two attached hydrogens (primary N) is 1. The summed E-state index contributed by atoms with van der Waals surface area (Å²) in [6.07, 6.45) is 3.97. The Balaban J connectivity index is 0. The highest BCUT2D eigenvalue weighted by Gasteiger charge is 2.46. The maximum Gasteiger partial charge on any atom is 0.285 e. The lowest BCUT2D eigenvalue weighted by Gasteiger charge is -2.32. The molecule has 2 unspecified atom stereocenters. The number of carbonyl (C=O) groups excluding carboxylic acids is 6. The summed E-state index contributed by atoms with van der Waals surface area (Å²) >= 11 is 0. The molecule has 3 radical (unpaired) electrons. The number of hydrogen-bond acceptors (Lipinski definition) is 19. The van der Waals surface area contributed by atoms with E-state index >= 15 is 0 Å². The number of likely N-dealkylation sites (N-methyl/N-ethyl adjacent to an activating group) is 1. The van der Waals surface area contributed by atoms with Crippen LogP contribution < -0.4 is 21.3 Å². The minimum Gasteiger partial charge on any atom is -0.398 e. The van der Waals surface area contributed by atoms with E-state index in [0.717, 1.165) is 162 Å². The van der Waals surface area contributed by atoms with Gasteiger partial charge in [-0.2, -0.15) is 0 Å². The Bertz CT molecular complexity index is 5890. The number of benzene rings is 6. The second-order valence-electron chi connectivity index (χ2n) is 36.0. The third kappa shape index (κ3) is 24.3. The number of fused-ring (bicyclic) bond motifs is 2. The van der Waals surface area contributed by atoms with Gasteiger partial charge in [-0.15, -0.1) is 0 Å². The van der Waals surface area contributed by atoms with Gasteiger partial charge in [0.15, 0.2) is 11.6 Å². The van der Waals surface area contributed by atoms with Crippen molar-refractivity contribution in [3.05, 3.63) is 250 Å². The zero-order valence-electron chi connectivity index (χ0n) is 92.1. The van der Waals surface area contributed by atoms with Crippen LogP contribution in [0.3, 0.4) is 0 Å². The number of nitro benzene ring substituents is 2. The molecule has 0 saturated heterocycles. The number of nitrogens with one attached hydrogen (secondary N) is 2. The number of ketones is 2. The maximum absolute atomic E-state index is 13.4. The molecule has 27 heteroatoms. The molecule has 0 aromatic heterocycles. The fraction of sp³-hybridized carbons (Fsp3) is 0.523. The Kier molecular flexibility index (Phi) is 41.7. The number of allylic oxidation sites excluding steroid dienone is 4. The number of rotatable bonds is 12. The summed E-state index contributed by atoms with van der Waals surface area (Å²) in [6.45, 7) is 60.7. The van der Waals surface area contributed by atoms with E-state index in [1.165, 1.54) is 17.4 Å². The molecular formula is C109H167BFN10O15. The van der Waals surface area contributed by atoms with Crippen LogP contribution in [0.2, 0.25) is 0 Å². The number of nitrogens with zero attached hydrogens (tertiary/aromatic N) is 7. The molecule has 9 N–H and O–H groups in total. The standard InChI is InChI=1S/C19H26N2O2.C19H28N2O2.C18H24N2O4.C18H26N2O2.C12H15NO3.C12H16O.C7H13NO.C2H6.2CH4.B.FH.2H2/c1-9-8-15-18(22)20(7)17-13(5)11(3)10(2)12(4)16(17)19(23)21(15)14(9)6;1-10-8-16(9-22)21(15(10)6)19(23)17-13(4)11(2)12(3)14(5)18(17)20-7;1-9-7-15(8-21)19(14(9)6)18(22)16-12(4)10(2)11(3)13(5)17(16)20(23)24;1-9-7-15(8-21)20(14(9)6)18(22)16-12(4)10(2)11(3)13(5)17(16)19;1-6-7(2)9(4)12(13(15)16)11(8(6)3)10(5)14;1-7-6-12(11(5)13)10(4)9(3)8(7)2;1-5-3-7(4-9)8-6(5)2;1-2;;;;;;/h15,18,22H,8H2,1-7H3;16,20,22H,8-9H2,1-7H3;15,21H,7-8H2,1-6H3;15,21H,7-8,19H2,1-6H3;1-5H3;6H,1-5H3;3,6-9H,4H2,1-2H3;1-2H3;2*1H4;;3*1H/t15-,18?;16-;2*15-;;;6?,7-;;;;;;;/m0000..0......./s1/i4*3D;2*2D;;;;;;;1+1;. The Morgan fingerprint density at radius 3 is 1.19 bits per heavy atom. The predicted molar refractivity (Wildman–Crippen MR) is 562 cm³/mol. The van der Waals surface area contributed by atoms with Gasteiger partial charge in [0.1, 0.15) is 11.8 Å². The van der Waals surface area contributed by atoms with E-state index in [4.69, 9.17) is 19.1 Å². The normalized spacial score (nSPS) is 18.3. The number of aliphatic hydroxyl groups excluding tert-OH is 5. The summed E-state index contributed by atoms with van der Waals surface area (Å²) in [7, 11) is 3.65. The van der Waals surface area contributed by atoms with E-state index in [9.17, 15) is 69.4 Å². The molecule has 6 heterocycles. The largest absolute Gasteiger partial charge is 0.398 e. The lowest BCUT2D eigenvalue weighted by atomic mass is 9.91. The second-order valence-corrected chi connectivity index (χ2v) is 36.0. The van der Waals surface area contributed by atoms with Gasteiger partial charge in [0.25, 0.3) is 35.0 Å². The van der Waals surface area contributed by atoms with Crippen molar-refractivity contribution < 1.29 is 79.9 Å². The van der Waals surface area contributed by atoms with Gasteiger partial charge in [0, 0.05) is 90.8 Å². The molecular weight excluding hydrogens is 1720 g/mol. The van der Waals surface area contributed by atoms with E-state index in [2.05, 4.69) is 30.6 Å². The minimum atomic E-state index is -0.762. The van der Waals surface area contributed by atoms with Crippen molar-refractivity contribution in [1.29, 1.82) is 0 Å². The topological polar surface area (TPSA) is 356 Å². The quantitative estimate of drug-likeness (QED) is 0.0141. The minimum absolute atomic E-state index is 0. The lowest BCUT2D eigenvalue weighted by Crippen LogP contribution is -2.47. The first kappa shape index (κ1) is 112. The molecule has 0 saturated carbocycles. The molecule has 136 heavy (non-hydrogen) atoms. The summed E-state index contributed by atoms with van der Waals surface area (Å²) in [5.41, 5.74) is 40.0. The van der Waals surface area contributed by atoms with E-state index < -0.39 is 28.0 Å². The van der Waals surface area contributed by atoms with Gasteiger partial charge < -0.3 is 66.4 Å². The highest BCUT2D eigenvalue weighted by Crippen LogP contribution is 2.45. The van der Waals surface area contributed by atoms with Gasteiger partial charge >= 0.3 is 0 Å². The van der Waals surface area contributed by atoms with Crippen LogP contribution in [0.1, 0.15) is 344 Å². The SMILES string of the molecule is C.C.CC.CC1=C[C@@H](CO)NC1C.F.[2HH].[2H]Cc1c(C)c(C)c(C(=O)N2C(C)=C(C)C[C@H]2CO)c(N)c1C.[2H]Cc1c(C)c(C)c(C(=O)N2C(C)=C(C)C[C@H]2CO)c(NC)c1C.[2H]Cc1c(C)c(C)c(C(=O)N2C(C)=C(C)C[C@H]2CO)c([N+](=O)[O-])c1C.[2H]Cc1c(C)c(C)c(C(C)=O)c([N+](=O)[O-])c1C.[2H]Cc1c(C)c(C)c2c(c1C)N(C)C(O)[C@@H]1CC(C)=C(C)N1C2=O.[2H]Cc1c(C)cc(C(C)=O)c(C)c1C.[B].[HH]. The van der Waals surface area contributed by atoms with Crippen LogP contribution >= 0.6 is 0 Å². The van der Waals surface area contributed by atoms with Crippen molar-refractivity contribution in [2.45, 2.75) is 346 Å². The fourth-order valence-electron chi connectivity index (χ4n) is 18.4. The average molecular weight is 1890 g/mol. The molecule has 25 nitrogen and oxygen atoms in total. The first-order valence-corrected chi connectivity index (χ1v) is 45.0. The summed E-state index contributed by atoms with van der Waals surface area (Å²) in [5, 5.41) is 77.7. The molecule has 6 aromatic rings. The number of carbonyl (C=O) groups is 6. The van der Waals surface area contributed by atoms with Gasteiger partial charge in [-0.25, -0.2) is 0 Å². The average Bonchev–Trinajstić information content (AvgIpc) is 1.59. The Hall–Kier alpha value is -10.8. The van der Waals surface area contributed by atoms with Crippen molar-refractivity contribution >= 4 is 72.0 Å². The molecule has 6 aromatic carbocycles. The van der Waals surface area contributed by atoms with Crippen molar-refractivity contribution in [2.75, 3.05) is 56.5 Å².